The van der Waals surface area contributed by atoms with E-state index in [-0.39, 0.29) is 24.6 Å². The normalized spacial score (nSPS) is 14.7. The van der Waals surface area contributed by atoms with Crippen molar-refractivity contribution in [2.45, 2.75) is 45.1 Å². The summed E-state index contributed by atoms with van der Waals surface area (Å²) in [6.07, 6.45) is 6.18. The Balaban J connectivity index is 1.86. The first-order valence-electron chi connectivity index (χ1n) is 8.90. The van der Waals surface area contributed by atoms with E-state index in [4.69, 9.17) is 9.84 Å². The summed E-state index contributed by atoms with van der Waals surface area (Å²) < 4.78 is 5.01. The summed E-state index contributed by atoms with van der Waals surface area (Å²) in [4.78, 5) is 35.2. The number of carbonyl (C=O) groups excluding carboxylic acids is 2. The van der Waals surface area contributed by atoms with E-state index in [2.05, 4.69) is 10.6 Å². The number of methoxy groups -OCH3 is 1. The Labute approximate surface area is 153 Å². The molecule has 0 aliphatic heterocycles. The third-order valence-corrected chi connectivity index (χ3v) is 4.48. The molecule has 1 aliphatic carbocycles. The Kier molecular flexibility index (Phi) is 7.59. The molecule has 142 valence electrons. The molecule has 2 rings (SSSR count). The van der Waals surface area contributed by atoms with Crippen LogP contribution in [0.3, 0.4) is 0 Å². The van der Waals surface area contributed by atoms with Crippen LogP contribution in [0.2, 0.25) is 0 Å². The van der Waals surface area contributed by atoms with Gasteiger partial charge in [-0.2, -0.15) is 0 Å². The minimum absolute atomic E-state index is 0.0659. The van der Waals surface area contributed by atoms with Crippen molar-refractivity contribution in [1.29, 1.82) is 0 Å². The van der Waals surface area contributed by atoms with E-state index in [1.54, 1.807) is 6.07 Å². The third kappa shape index (κ3) is 6.48. The van der Waals surface area contributed by atoms with Gasteiger partial charge >= 0.3 is 5.97 Å². The highest BCUT2D eigenvalue weighted by Crippen LogP contribution is 2.26. The number of amides is 2. The minimum atomic E-state index is -1.08. The molecule has 1 saturated carbocycles. The number of carboxylic acids is 1. The molecule has 0 bridgehead atoms. The maximum absolute atomic E-state index is 12.1. The topological polar surface area (TPSA) is 105 Å². The van der Waals surface area contributed by atoms with Crippen LogP contribution in [-0.2, 0) is 20.9 Å². The molecule has 7 heteroatoms. The fourth-order valence-corrected chi connectivity index (χ4v) is 3.25. The van der Waals surface area contributed by atoms with Gasteiger partial charge in [-0.1, -0.05) is 19.3 Å². The molecule has 0 heterocycles. The van der Waals surface area contributed by atoms with Crippen LogP contribution in [0.15, 0.2) is 18.2 Å². The fraction of sp³-hybridized carbons (Fsp3) is 0.526. The molecule has 0 atom stereocenters. The molecular weight excluding hydrogens is 336 g/mol. The Morgan fingerprint density at radius 2 is 1.85 bits per heavy atom. The van der Waals surface area contributed by atoms with Crippen LogP contribution in [0.4, 0.5) is 5.69 Å². The predicted octanol–water partition coefficient (Wildman–Crippen LogP) is 2.56. The van der Waals surface area contributed by atoms with Crippen LogP contribution in [0, 0.1) is 5.92 Å². The number of aromatic carboxylic acids is 1. The van der Waals surface area contributed by atoms with E-state index in [0.29, 0.717) is 23.6 Å². The first kappa shape index (κ1) is 19.9. The smallest absolute Gasteiger partial charge is 0.335 e. The predicted molar refractivity (Wildman–Crippen MR) is 96.9 cm³/mol. The highest BCUT2D eigenvalue weighted by molar-refractivity contribution is 5.96. The Morgan fingerprint density at radius 3 is 2.50 bits per heavy atom. The lowest BCUT2D eigenvalue weighted by molar-refractivity contribution is -0.125. The third-order valence-electron chi connectivity index (χ3n) is 4.48. The van der Waals surface area contributed by atoms with Gasteiger partial charge in [0.1, 0.15) is 0 Å². The molecule has 0 spiro atoms. The van der Waals surface area contributed by atoms with E-state index in [9.17, 15) is 14.4 Å². The highest BCUT2D eigenvalue weighted by Gasteiger charge is 2.17. The van der Waals surface area contributed by atoms with Crippen LogP contribution in [0.1, 0.15) is 54.4 Å². The quantitative estimate of drug-likeness (QED) is 0.659. The molecule has 1 fully saturated rings. The van der Waals surface area contributed by atoms with E-state index < -0.39 is 11.9 Å². The Bertz CT molecular complexity index is 653. The van der Waals surface area contributed by atoms with Crippen LogP contribution in [-0.4, -0.2) is 36.5 Å². The van der Waals surface area contributed by atoms with Crippen LogP contribution in [0.5, 0.6) is 0 Å². The highest BCUT2D eigenvalue weighted by atomic mass is 16.5. The lowest BCUT2D eigenvalue weighted by Gasteiger charge is -2.20. The number of hydrogen-bond acceptors (Lipinski definition) is 4. The summed E-state index contributed by atoms with van der Waals surface area (Å²) in [6, 6.07) is 4.52. The monoisotopic (exact) mass is 362 g/mol. The van der Waals surface area contributed by atoms with E-state index in [1.165, 1.54) is 38.5 Å². The molecule has 0 aromatic heterocycles. The van der Waals surface area contributed by atoms with Gasteiger partial charge in [0.25, 0.3) is 0 Å². The van der Waals surface area contributed by atoms with Crippen molar-refractivity contribution in [1.82, 2.24) is 5.32 Å². The molecule has 1 aromatic carbocycles. The summed E-state index contributed by atoms with van der Waals surface area (Å²) in [5.74, 6) is -1.19. The zero-order chi connectivity index (χ0) is 18.9. The van der Waals surface area contributed by atoms with Crippen molar-refractivity contribution in [3.05, 3.63) is 29.3 Å². The molecule has 0 radical (unpaired) electrons. The number of nitrogens with one attached hydrogen (secondary N) is 2. The van der Waals surface area contributed by atoms with Crippen LogP contribution >= 0.6 is 0 Å². The lowest BCUT2D eigenvalue weighted by atomic mass is 9.87. The summed E-state index contributed by atoms with van der Waals surface area (Å²) in [6.45, 7) is 0.102. The van der Waals surface area contributed by atoms with Gasteiger partial charge < -0.3 is 20.5 Å². The average molecular weight is 362 g/mol. The second-order valence-corrected chi connectivity index (χ2v) is 6.69. The number of carbonyl (C=O) groups is 3. The molecule has 0 unspecified atom stereocenters. The largest absolute Gasteiger partial charge is 0.478 e. The zero-order valence-corrected chi connectivity index (χ0v) is 15.0. The van der Waals surface area contributed by atoms with Gasteiger partial charge in [-0.3, -0.25) is 9.59 Å². The number of benzene rings is 1. The van der Waals surface area contributed by atoms with Crippen molar-refractivity contribution in [2.24, 2.45) is 5.92 Å². The molecule has 7 nitrogen and oxygen atoms in total. The number of hydrogen-bond donors (Lipinski definition) is 3. The van der Waals surface area contributed by atoms with Gasteiger partial charge in [0, 0.05) is 19.2 Å². The zero-order valence-electron chi connectivity index (χ0n) is 15.0. The summed E-state index contributed by atoms with van der Waals surface area (Å²) >= 11 is 0. The average Bonchev–Trinajstić information content (AvgIpc) is 2.61. The van der Waals surface area contributed by atoms with Gasteiger partial charge in [-0.25, -0.2) is 4.79 Å². The number of ether oxygens (including phenoxy) is 1. The van der Waals surface area contributed by atoms with Crippen LogP contribution < -0.4 is 10.6 Å². The number of carboxylic acid groups (broad SMARTS) is 1. The van der Waals surface area contributed by atoms with Crippen molar-refractivity contribution < 1.29 is 24.2 Å². The summed E-state index contributed by atoms with van der Waals surface area (Å²) in [5, 5.41) is 14.4. The Hall–Kier alpha value is -2.41. The van der Waals surface area contributed by atoms with E-state index in [1.807, 2.05) is 0 Å². The molecular formula is C19H26N2O5. The molecule has 2 amide bonds. The molecule has 1 aliphatic rings. The maximum Gasteiger partial charge on any atom is 0.335 e. The van der Waals surface area contributed by atoms with Gasteiger partial charge in [0.2, 0.25) is 11.8 Å². The molecule has 1 aromatic rings. The number of rotatable bonds is 8. The number of anilines is 1. The lowest BCUT2D eigenvalue weighted by Crippen LogP contribution is -2.34. The van der Waals surface area contributed by atoms with Gasteiger partial charge in [0.05, 0.1) is 18.7 Å². The first-order chi connectivity index (χ1) is 12.5. The van der Waals surface area contributed by atoms with Crippen molar-refractivity contribution in [3.8, 4) is 0 Å². The van der Waals surface area contributed by atoms with Crippen molar-refractivity contribution in [3.63, 3.8) is 0 Å². The van der Waals surface area contributed by atoms with Crippen molar-refractivity contribution >= 4 is 23.5 Å². The van der Waals surface area contributed by atoms with E-state index in [0.717, 1.165) is 12.8 Å². The summed E-state index contributed by atoms with van der Waals surface area (Å²) in [7, 11) is 1.51. The SMILES string of the molecule is COCc1cc(NC(=O)CNC(=O)CC2CCCCC2)cc(C(=O)O)c1. The van der Waals surface area contributed by atoms with Crippen molar-refractivity contribution in [2.75, 3.05) is 19.0 Å². The minimum Gasteiger partial charge on any atom is -0.478 e. The van der Waals surface area contributed by atoms with Gasteiger partial charge in [0.15, 0.2) is 0 Å². The molecule has 26 heavy (non-hydrogen) atoms. The van der Waals surface area contributed by atoms with Crippen LogP contribution in [0.25, 0.3) is 0 Å². The first-order valence-corrected chi connectivity index (χ1v) is 8.90. The molecule has 3 N–H and O–H groups in total. The second-order valence-electron chi connectivity index (χ2n) is 6.69. The Morgan fingerprint density at radius 1 is 1.12 bits per heavy atom. The van der Waals surface area contributed by atoms with E-state index >= 15 is 0 Å². The summed E-state index contributed by atoms with van der Waals surface area (Å²) in [5.41, 5.74) is 1.07. The fourth-order valence-electron chi connectivity index (χ4n) is 3.25. The van der Waals surface area contributed by atoms with Gasteiger partial charge in [-0.05, 0) is 42.5 Å². The second kappa shape index (κ2) is 9.91. The maximum atomic E-state index is 12.1. The molecule has 0 saturated heterocycles. The van der Waals surface area contributed by atoms with Gasteiger partial charge in [-0.15, -0.1) is 0 Å². The standard InChI is InChI=1S/C19H26N2O5/c1-26-12-14-7-15(19(24)25)10-16(8-14)21-18(23)11-20-17(22)9-13-5-3-2-4-6-13/h7-8,10,13H,2-6,9,11-12H2,1H3,(H,20,22)(H,21,23)(H,24,25).